The lowest BCUT2D eigenvalue weighted by Crippen LogP contribution is -2.07. The summed E-state index contributed by atoms with van der Waals surface area (Å²) in [7, 11) is 1.68. The van der Waals surface area contributed by atoms with Gasteiger partial charge in [-0.2, -0.15) is 0 Å². The van der Waals surface area contributed by atoms with Gasteiger partial charge in [0.05, 0.1) is 0 Å². The van der Waals surface area contributed by atoms with Crippen molar-refractivity contribution in [1.29, 1.82) is 0 Å². The van der Waals surface area contributed by atoms with Crippen molar-refractivity contribution in [2.24, 2.45) is 0 Å². The molecule has 3 heteroatoms. The van der Waals surface area contributed by atoms with Crippen LogP contribution in [0, 0.1) is 11.6 Å². The first kappa shape index (κ1) is 8.14. The molecule has 0 unspecified atom stereocenters. The summed E-state index contributed by atoms with van der Waals surface area (Å²) in [5.74, 6) is -0.780. The highest BCUT2D eigenvalue weighted by atomic mass is 19.1. The van der Waals surface area contributed by atoms with Crippen molar-refractivity contribution in [1.82, 2.24) is 5.32 Å². The van der Waals surface area contributed by atoms with E-state index in [1.54, 1.807) is 7.05 Å². The van der Waals surface area contributed by atoms with Crippen LogP contribution in [0.25, 0.3) is 0 Å². The number of nitrogens with one attached hydrogen (secondary N) is 1. The molecule has 0 aliphatic carbocycles. The largest absolute Gasteiger partial charge is 0.316 e. The smallest absolute Gasteiger partial charge is 0.127 e. The van der Waals surface area contributed by atoms with Gasteiger partial charge in [-0.1, -0.05) is 0 Å². The summed E-state index contributed by atoms with van der Waals surface area (Å²) in [5, 5.41) is 2.75. The maximum absolute atomic E-state index is 12.7. The van der Waals surface area contributed by atoms with Gasteiger partial charge in [-0.15, -0.1) is 0 Å². The molecule has 0 saturated carbocycles. The summed E-state index contributed by atoms with van der Waals surface area (Å²) in [4.78, 5) is 0. The number of halogens is 2. The highest BCUT2D eigenvalue weighted by Crippen LogP contribution is 2.08. The zero-order chi connectivity index (χ0) is 8.27. The van der Waals surface area contributed by atoms with Crippen molar-refractivity contribution < 1.29 is 8.78 Å². The lowest BCUT2D eigenvalue weighted by Gasteiger charge is -2.00. The SMILES string of the molecule is CNCc1cc(F)ccc1F. The first-order chi connectivity index (χ1) is 5.24. The van der Waals surface area contributed by atoms with Crippen molar-refractivity contribution in [3.63, 3.8) is 0 Å². The van der Waals surface area contributed by atoms with E-state index >= 15 is 0 Å². The molecular formula is C8H9F2N. The molecule has 0 heterocycles. The van der Waals surface area contributed by atoms with Crippen LogP contribution in [0.4, 0.5) is 8.78 Å². The van der Waals surface area contributed by atoms with Crippen molar-refractivity contribution in [2.75, 3.05) is 7.05 Å². The summed E-state index contributed by atoms with van der Waals surface area (Å²) in [5.41, 5.74) is 0.354. The lowest BCUT2D eigenvalue weighted by atomic mass is 10.2. The number of hydrogen-bond donors (Lipinski definition) is 1. The van der Waals surface area contributed by atoms with Crippen molar-refractivity contribution >= 4 is 0 Å². The molecule has 0 fully saturated rings. The molecular weight excluding hydrogens is 148 g/mol. The molecule has 1 nitrogen and oxygen atoms in total. The van der Waals surface area contributed by atoms with E-state index in [0.717, 1.165) is 12.1 Å². The zero-order valence-corrected chi connectivity index (χ0v) is 6.20. The minimum Gasteiger partial charge on any atom is -0.316 e. The van der Waals surface area contributed by atoms with Gasteiger partial charge in [-0.05, 0) is 25.2 Å². The third kappa shape index (κ3) is 1.98. The molecule has 60 valence electrons. The van der Waals surface area contributed by atoms with Crippen molar-refractivity contribution in [2.45, 2.75) is 6.54 Å². The van der Waals surface area contributed by atoms with Gasteiger partial charge in [0.15, 0.2) is 0 Å². The molecule has 0 spiro atoms. The first-order valence-corrected chi connectivity index (χ1v) is 3.32. The molecule has 1 aromatic rings. The van der Waals surface area contributed by atoms with E-state index in [0.29, 0.717) is 12.1 Å². The maximum Gasteiger partial charge on any atom is 0.127 e. The molecule has 0 amide bonds. The van der Waals surface area contributed by atoms with E-state index in [-0.39, 0.29) is 5.82 Å². The van der Waals surface area contributed by atoms with Crippen LogP contribution in [0.1, 0.15) is 5.56 Å². The molecule has 0 radical (unpaired) electrons. The summed E-state index contributed by atoms with van der Waals surface area (Å²) in [6, 6.07) is 3.42. The predicted octanol–water partition coefficient (Wildman–Crippen LogP) is 1.68. The molecule has 1 aromatic carbocycles. The normalized spacial score (nSPS) is 10.1. The molecule has 1 rings (SSSR count). The lowest BCUT2D eigenvalue weighted by molar-refractivity contribution is 0.578. The van der Waals surface area contributed by atoms with Crippen molar-refractivity contribution in [3.05, 3.63) is 35.4 Å². The second-order valence-electron chi connectivity index (χ2n) is 2.27. The van der Waals surface area contributed by atoms with Crippen LogP contribution in [0.2, 0.25) is 0 Å². The Balaban J connectivity index is 2.93. The Labute approximate surface area is 64.0 Å². The monoisotopic (exact) mass is 157 g/mol. The van der Waals surface area contributed by atoms with E-state index in [4.69, 9.17) is 0 Å². The van der Waals surface area contributed by atoms with Gasteiger partial charge < -0.3 is 5.32 Å². The van der Waals surface area contributed by atoms with Crippen LogP contribution < -0.4 is 5.32 Å². The van der Waals surface area contributed by atoms with Gasteiger partial charge in [-0.25, -0.2) is 8.78 Å². The minimum atomic E-state index is -0.406. The Kier molecular flexibility index (Phi) is 2.54. The Bertz CT molecular complexity index is 248. The van der Waals surface area contributed by atoms with Crippen LogP contribution in [0.3, 0.4) is 0 Å². The second-order valence-corrected chi connectivity index (χ2v) is 2.27. The van der Waals surface area contributed by atoms with E-state index in [1.165, 1.54) is 6.07 Å². The summed E-state index contributed by atoms with van der Waals surface area (Å²) in [6.07, 6.45) is 0. The Morgan fingerprint density at radius 3 is 2.73 bits per heavy atom. The molecule has 0 aliphatic rings. The van der Waals surface area contributed by atoms with Gasteiger partial charge in [0.1, 0.15) is 11.6 Å². The van der Waals surface area contributed by atoms with Crippen LogP contribution in [-0.2, 0) is 6.54 Å². The predicted molar refractivity (Wildman–Crippen MR) is 39.1 cm³/mol. The highest BCUT2D eigenvalue weighted by Gasteiger charge is 2.00. The number of benzene rings is 1. The Morgan fingerprint density at radius 1 is 1.36 bits per heavy atom. The molecule has 0 aromatic heterocycles. The summed E-state index contributed by atoms with van der Waals surface area (Å²) >= 11 is 0. The van der Waals surface area contributed by atoms with E-state index in [9.17, 15) is 8.78 Å². The number of rotatable bonds is 2. The van der Waals surface area contributed by atoms with Gasteiger partial charge in [0.2, 0.25) is 0 Å². The van der Waals surface area contributed by atoms with Crippen LogP contribution >= 0.6 is 0 Å². The molecule has 0 saturated heterocycles. The quantitative estimate of drug-likeness (QED) is 0.688. The fraction of sp³-hybridized carbons (Fsp3) is 0.250. The van der Waals surface area contributed by atoms with Gasteiger partial charge in [-0.3, -0.25) is 0 Å². The molecule has 11 heavy (non-hydrogen) atoms. The molecule has 0 aliphatic heterocycles. The highest BCUT2D eigenvalue weighted by molar-refractivity contribution is 5.18. The third-order valence-corrected chi connectivity index (χ3v) is 1.37. The van der Waals surface area contributed by atoms with Gasteiger partial charge in [0.25, 0.3) is 0 Å². The van der Waals surface area contributed by atoms with E-state index < -0.39 is 5.82 Å². The second kappa shape index (κ2) is 3.44. The average Bonchev–Trinajstić information content (AvgIpc) is 1.98. The number of hydrogen-bond acceptors (Lipinski definition) is 1. The average molecular weight is 157 g/mol. The summed E-state index contributed by atoms with van der Waals surface area (Å²) in [6.45, 7) is 0.351. The molecule has 0 atom stereocenters. The van der Waals surface area contributed by atoms with Crippen LogP contribution in [0.5, 0.6) is 0 Å². The van der Waals surface area contributed by atoms with Crippen LogP contribution in [-0.4, -0.2) is 7.05 Å². The fourth-order valence-electron chi connectivity index (χ4n) is 0.869. The van der Waals surface area contributed by atoms with E-state index in [1.807, 2.05) is 0 Å². The molecule has 0 bridgehead atoms. The van der Waals surface area contributed by atoms with Crippen molar-refractivity contribution in [3.8, 4) is 0 Å². The summed E-state index contributed by atoms with van der Waals surface area (Å²) < 4.78 is 25.2. The minimum absolute atomic E-state index is 0.351. The topological polar surface area (TPSA) is 12.0 Å². The van der Waals surface area contributed by atoms with Gasteiger partial charge >= 0.3 is 0 Å². The standard InChI is InChI=1S/C8H9F2N/c1-11-5-6-4-7(9)2-3-8(6)10/h2-4,11H,5H2,1H3. The Morgan fingerprint density at radius 2 is 2.09 bits per heavy atom. The van der Waals surface area contributed by atoms with Gasteiger partial charge in [0, 0.05) is 12.1 Å². The third-order valence-electron chi connectivity index (χ3n) is 1.37. The maximum atomic E-state index is 12.7. The van der Waals surface area contributed by atoms with Crippen LogP contribution in [0.15, 0.2) is 18.2 Å². The molecule has 1 N–H and O–H groups in total. The fourth-order valence-corrected chi connectivity index (χ4v) is 0.869. The Hall–Kier alpha value is -0.960. The van der Waals surface area contributed by atoms with E-state index in [2.05, 4.69) is 5.32 Å². The zero-order valence-electron chi connectivity index (χ0n) is 6.20. The first-order valence-electron chi connectivity index (χ1n) is 3.32.